The lowest BCUT2D eigenvalue weighted by atomic mass is 9.89. The number of aliphatic hydroxyl groups excluding tert-OH is 1. The predicted molar refractivity (Wildman–Crippen MR) is 224 cm³/mol. The molecular formula is C42H75N5O8Si. The number of carbonyl (C=O) groups is 4. The van der Waals surface area contributed by atoms with Gasteiger partial charge in [-0.25, -0.2) is 0 Å². The maximum atomic E-state index is 14.2. The van der Waals surface area contributed by atoms with E-state index in [0.717, 1.165) is 18.0 Å². The molecule has 1 aromatic rings. The Bertz CT molecular complexity index is 1410. The average Bonchev–Trinajstić information content (AvgIpc) is 3.61. The van der Waals surface area contributed by atoms with Gasteiger partial charge in [0.25, 0.3) is 0 Å². The Morgan fingerprint density at radius 3 is 1.96 bits per heavy atom. The highest BCUT2D eigenvalue weighted by molar-refractivity contribution is 6.83. The summed E-state index contributed by atoms with van der Waals surface area (Å²) in [6.45, 7) is 19.5. The first kappa shape index (κ1) is 49.3. The Balaban J connectivity index is 2.24. The second kappa shape index (κ2) is 21.8. The van der Waals surface area contributed by atoms with E-state index in [4.69, 9.17) is 9.47 Å². The van der Waals surface area contributed by atoms with Gasteiger partial charge < -0.3 is 39.8 Å². The number of likely N-dealkylation sites (tertiary alicyclic amines) is 1. The van der Waals surface area contributed by atoms with Crippen LogP contribution in [-0.2, 0) is 28.7 Å². The molecule has 320 valence electrons. The van der Waals surface area contributed by atoms with E-state index in [1.807, 2.05) is 85.8 Å². The van der Waals surface area contributed by atoms with Crippen LogP contribution >= 0.6 is 0 Å². The fourth-order valence-corrected chi connectivity index (χ4v) is 9.21. The quantitative estimate of drug-likeness (QED) is 0.137. The van der Waals surface area contributed by atoms with E-state index in [1.54, 1.807) is 57.0 Å². The van der Waals surface area contributed by atoms with Crippen molar-refractivity contribution in [3.8, 4) is 0 Å². The van der Waals surface area contributed by atoms with Crippen LogP contribution in [0.5, 0.6) is 0 Å². The Kier molecular flexibility index (Phi) is 19.1. The van der Waals surface area contributed by atoms with Gasteiger partial charge in [0.15, 0.2) is 0 Å². The Morgan fingerprint density at radius 1 is 0.911 bits per heavy atom. The minimum atomic E-state index is -2.49. The largest absolute Gasteiger partial charge is 0.428 e. The van der Waals surface area contributed by atoms with Crippen LogP contribution < -0.4 is 15.8 Å². The third kappa shape index (κ3) is 12.6. The second-order valence-corrected chi connectivity index (χ2v) is 21.1. The first-order chi connectivity index (χ1) is 26.0. The second-order valence-electron chi connectivity index (χ2n) is 17.4. The summed E-state index contributed by atoms with van der Waals surface area (Å²) < 4.78 is 12.0. The van der Waals surface area contributed by atoms with Crippen molar-refractivity contribution in [2.45, 2.75) is 143 Å². The van der Waals surface area contributed by atoms with Crippen molar-refractivity contribution in [1.82, 2.24) is 25.3 Å². The molecule has 0 spiro atoms. The molecule has 1 heterocycles. The number of rotatable bonds is 21. The van der Waals surface area contributed by atoms with Crippen LogP contribution in [0.15, 0.2) is 24.3 Å². The molecule has 4 amide bonds. The lowest BCUT2D eigenvalue weighted by Crippen LogP contribution is -2.59. The van der Waals surface area contributed by atoms with Crippen LogP contribution in [0.25, 0.3) is 0 Å². The van der Waals surface area contributed by atoms with Crippen molar-refractivity contribution in [1.29, 1.82) is 0 Å². The molecule has 1 saturated heterocycles. The zero-order chi connectivity index (χ0) is 42.8. The molecule has 0 aromatic heterocycles. The average molecular weight is 806 g/mol. The molecule has 10 atom stereocenters. The van der Waals surface area contributed by atoms with Gasteiger partial charge in [-0.15, -0.1) is 0 Å². The summed E-state index contributed by atoms with van der Waals surface area (Å²) in [7, 11) is 6.05. The number of amides is 4. The number of aliphatic hydroxyl groups is 1. The van der Waals surface area contributed by atoms with Gasteiger partial charge in [0, 0.05) is 27.8 Å². The maximum Gasteiger partial charge on any atom is 0.245 e. The molecule has 1 aliphatic rings. The summed E-state index contributed by atoms with van der Waals surface area (Å²) in [6.07, 6.45) is -0.0589. The van der Waals surface area contributed by atoms with E-state index in [9.17, 15) is 29.1 Å². The van der Waals surface area contributed by atoms with Crippen LogP contribution in [0, 0.1) is 23.7 Å². The van der Waals surface area contributed by atoms with E-state index in [0.29, 0.717) is 18.5 Å². The van der Waals surface area contributed by atoms with Crippen molar-refractivity contribution < 1.29 is 38.6 Å². The van der Waals surface area contributed by atoms with Crippen LogP contribution in [0.4, 0.5) is 0 Å². The number of benzene rings is 1. The number of nitrogens with one attached hydrogen (secondary N) is 2. The van der Waals surface area contributed by atoms with E-state index in [1.165, 1.54) is 0 Å². The molecule has 14 heteroatoms. The molecule has 0 bridgehead atoms. The van der Waals surface area contributed by atoms with Gasteiger partial charge in [-0.05, 0) is 75.5 Å². The smallest absolute Gasteiger partial charge is 0.245 e. The SMILES string of the molecule is CC[C@H](C)[C@@H]([C@@H](CC(=O)N1CCC[C@H]1[C@@H](OC)[C@@H](C)C(=O)N[C@H](C)[C@@H](O)c1ccc([Si](C)(C)O)cc1)OC)N(C)C(=O)[C@@H](NC(=O)[C@H](C(C)C)N(C)C)C(C)C. The number of ether oxygens (including phenoxy) is 2. The lowest BCUT2D eigenvalue weighted by Gasteiger charge is -2.41. The number of carbonyl (C=O) groups excluding carboxylic acids is 4. The number of nitrogens with zero attached hydrogens (tertiary/aromatic N) is 3. The Hall–Kier alpha value is -2.88. The molecule has 1 aromatic carbocycles. The molecule has 2 rings (SSSR count). The fourth-order valence-electron chi connectivity index (χ4n) is 8.22. The molecule has 0 saturated carbocycles. The molecule has 13 nitrogen and oxygen atoms in total. The molecule has 1 aliphatic heterocycles. The summed E-state index contributed by atoms with van der Waals surface area (Å²) >= 11 is 0. The number of likely N-dealkylation sites (N-methyl/N-ethyl adjacent to an activating group) is 2. The first-order valence-electron chi connectivity index (χ1n) is 20.4. The van der Waals surface area contributed by atoms with Gasteiger partial charge in [0.05, 0.1) is 54.8 Å². The molecule has 56 heavy (non-hydrogen) atoms. The zero-order valence-corrected chi connectivity index (χ0v) is 38.0. The third-order valence-corrected chi connectivity index (χ3v) is 13.5. The van der Waals surface area contributed by atoms with E-state index in [2.05, 4.69) is 10.6 Å². The molecule has 0 aliphatic carbocycles. The van der Waals surface area contributed by atoms with Crippen LogP contribution in [0.1, 0.15) is 92.7 Å². The van der Waals surface area contributed by atoms with Gasteiger partial charge in [0.2, 0.25) is 31.9 Å². The van der Waals surface area contributed by atoms with Crippen LogP contribution in [0.2, 0.25) is 13.1 Å². The number of hydrogen-bond acceptors (Lipinski definition) is 9. The van der Waals surface area contributed by atoms with E-state index >= 15 is 0 Å². The normalized spacial score (nSPS) is 19.9. The zero-order valence-electron chi connectivity index (χ0n) is 37.0. The van der Waals surface area contributed by atoms with Gasteiger partial charge in [-0.2, -0.15) is 0 Å². The molecule has 0 unspecified atom stereocenters. The maximum absolute atomic E-state index is 14.2. The monoisotopic (exact) mass is 806 g/mol. The highest BCUT2D eigenvalue weighted by atomic mass is 28.4. The molecule has 4 N–H and O–H groups in total. The molecule has 1 fully saturated rings. The van der Waals surface area contributed by atoms with Crippen LogP contribution in [0.3, 0.4) is 0 Å². The Morgan fingerprint density at radius 2 is 1.50 bits per heavy atom. The van der Waals surface area contributed by atoms with Gasteiger partial charge >= 0.3 is 0 Å². The summed E-state index contributed by atoms with van der Waals surface area (Å²) in [5.41, 5.74) is 0.632. The van der Waals surface area contributed by atoms with Gasteiger partial charge in [0.1, 0.15) is 6.04 Å². The number of hydrogen-bond donors (Lipinski definition) is 4. The summed E-state index contributed by atoms with van der Waals surface area (Å²) in [5.74, 6) is -1.70. The van der Waals surface area contributed by atoms with Crippen LogP contribution in [-0.4, -0.2) is 141 Å². The summed E-state index contributed by atoms with van der Waals surface area (Å²) in [5, 5.41) is 17.9. The predicted octanol–water partition coefficient (Wildman–Crippen LogP) is 3.28. The van der Waals surface area contributed by atoms with E-state index in [-0.39, 0.29) is 53.8 Å². The minimum Gasteiger partial charge on any atom is -0.428 e. The topological polar surface area (TPSA) is 161 Å². The van der Waals surface area contributed by atoms with Crippen molar-refractivity contribution in [3.63, 3.8) is 0 Å². The highest BCUT2D eigenvalue weighted by Gasteiger charge is 2.43. The van der Waals surface area contributed by atoms with E-state index < -0.39 is 56.7 Å². The van der Waals surface area contributed by atoms with Crippen molar-refractivity contribution >= 4 is 37.1 Å². The third-order valence-electron chi connectivity index (χ3n) is 11.7. The minimum absolute atomic E-state index is 0.0172. The number of methoxy groups -OCH3 is 2. The standard InChI is InChI=1S/C42H75N5O8Si/c1-16-27(6)37(46(11)42(52)35(25(2)3)44-41(51)36(26(4)5)45(9)10)33(54-12)24-34(48)47-23-17-18-32(47)39(55-13)28(7)40(50)43-29(8)38(49)30-19-21-31(22-20-30)56(14,15)53/h19-22,25-29,32-33,35-39,49,53H,16-18,23-24H2,1-15H3,(H,43,50)(H,44,51)/t27-,28+,29+,32-,33+,35-,36-,37-,38+,39-/m0/s1. The summed E-state index contributed by atoms with van der Waals surface area (Å²) in [4.78, 5) is 71.3. The molecular weight excluding hydrogens is 731 g/mol. The van der Waals surface area contributed by atoms with Gasteiger partial charge in [-0.3, -0.25) is 24.1 Å². The molecule has 0 radical (unpaired) electrons. The Labute approximate surface area is 338 Å². The van der Waals surface area contributed by atoms with Gasteiger partial charge in [-0.1, -0.05) is 79.2 Å². The van der Waals surface area contributed by atoms with Crippen molar-refractivity contribution in [3.05, 3.63) is 29.8 Å². The fraction of sp³-hybridized carbons (Fsp3) is 0.762. The highest BCUT2D eigenvalue weighted by Crippen LogP contribution is 2.30. The van der Waals surface area contributed by atoms with Crippen molar-refractivity contribution in [2.75, 3.05) is 41.9 Å². The summed E-state index contributed by atoms with van der Waals surface area (Å²) in [6, 6.07) is 4.59. The van der Waals surface area contributed by atoms with Crippen molar-refractivity contribution in [2.24, 2.45) is 23.7 Å². The first-order valence-corrected chi connectivity index (χ1v) is 23.4. The lowest BCUT2D eigenvalue weighted by molar-refractivity contribution is -0.148.